The fraction of sp³-hybridized carbons (Fsp3) is 0.833. The van der Waals surface area contributed by atoms with Gasteiger partial charge in [-0.05, 0) is 26.8 Å². The van der Waals surface area contributed by atoms with Gasteiger partial charge in [0.15, 0.2) is 0 Å². The summed E-state index contributed by atoms with van der Waals surface area (Å²) in [5.41, 5.74) is 2.07. The fourth-order valence-electron chi connectivity index (χ4n) is 2.06. The Kier molecular flexibility index (Phi) is 5.58. The smallest absolute Gasteiger partial charge is 0.102 e. The molecule has 0 radical (unpaired) electrons. The van der Waals surface area contributed by atoms with Crippen LogP contribution in [0.3, 0.4) is 0 Å². The summed E-state index contributed by atoms with van der Waals surface area (Å²) < 4.78 is 7.46. The number of nitrogens with zero attached hydrogens (tertiary/aromatic N) is 3. The third-order valence-corrected chi connectivity index (χ3v) is 3.18. The van der Waals surface area contributed by atoms with Crippen molar-refractivity contribution in [3.63, 3.8) is 0 Å². The van der Waals surface area contributed by atoms with Crippen LogP contribution in [0.15, 0.2) is 0 Å². The van der Waals surface area contributed by atoms with Crippen LogP contribution in [0, 0.1) is 0 Å². The molecule has 98 valence electrons. The number of nitrogens with one attached hydrogen (secondary N) is 1. The lowest BCUT2D eigenvalue weighted by atomic mass is 10.1. The SMILES string of the molecule is CCC(CC)n1nnc(CNC)c1C(C)OC. The maximum atomic E-state index is 5.43. The van der Waals surface area contributed by atoms with Gasteiger partial charge in [0.2, 0.25) is 0 Å². The number of rotatable bonds is 7. The highest BCUT2D eigenvalue weighted by atomic mass is 16.5. The minimum Gasteiger partial charge on any atom is -0.375 e. The molecule has 1 rings (SSSR count). The molecule has 1 N–H and O–H groups in total. The maximum Gasteiger partial charge on any atom is 0.102 e. The highest BCUT2D eigenvalue weighted by Gasteiger charge is 2.21. The summed E-state index contributed by atoms with van der Waals surface area (Å²) in [6.45, 7) is 7.11. The van der Waals surface area contributed by atoms with Gasteiger partial charge in [-0.15, -0.1) is 5.10 Å². The Morgan fingerprint density at radius 2 is 2.00 bits per heavy atom. The summed E-state index contributed by atoms with van der Waals surface area (Å²) in [6.07, 6.45) is 2.14. The number of hydrogen-bond donors (Lipinski definition) is 1. The molecule has 0 saturated carbocycles. The van der Waals surface area contributed by atoms with Gasteiger partial charge >= 0.3 is 0 Å². The molecule has 5 heteroatoms. The van der Waals surface area contributed by atoms with Gasteiger partial charge in [0.25, 0.3) is 0 Å². The van der Waals surface area contributed by atoms with Crippen molar-refractivity contribution in [2.75, 3.05) is 14.2 Å². The predicted octanol–water partition coefficient (Wildman–Crippen LogP) is 2.07. The molecule has 0 fully saturated rings. The average molecular weight is 240 g/mol. The Morgan fingerprint density at radius 3 is 2.47 bits per heavy atom. The Morgan fingerprint density at radius 1 is 1.35 bits per heavy atom. The van der Waals surface area contributed by atoms with Crippen LogP contribution in [-0.2, 0) is 11.3 Å². The molecule has 1 aromatic rings. The maximum absolute atomic E-state index is 5.43. The van der Waals surface area contributed by atoms with Crippen molar-refractivity contribution < 1.29 is 4.74 Å². The lowest BCUT2D eigenvalue weighted by molar-refractivity contribution is 0.108. The highest BCUT2D eigenvalue weighted by molar-refractivity contribution is 5.13. The van der Waals surface area contributed by atoms with Crippen LogP contribution in [-0.4, -0.2) is 29.2 Å². The first-order valence-electron chi connectivity index (χ1n) is 6.30. The molecule has 0 saturated heterocycles. The molecule has 1 unspecified atom stereocenters. The molecule has 0 aromatic carbocycles. The largest absolute Gasteiger partial charge is 0.375 e. The van der Waals surface area contributed by atoms with Crippen LogP contribution in [0.2, 0.25) is 0 Å². The monoisotopic (exact) mass is 240 g/mol. The van der Waals surface area contributed by atoms with E-state index in [1.807, 2.05) is 18.7 Å². The molecule has 0 aliphatic heterocycles. The molecule has 1 heterocycles. The van der Waals surface area contributed by atoms with E-state index < -0.39 is 0 Å². The highest BCUT2D eigenvalue weighted by Crippen LogP contribution is 2.25. The molecule has 0 spiro atoms. The lowest BCUT2D eigenvalue weighted by Gasteiger charge is -2.19. The summed E-state index contributed by atoms with van der Waals surface area (Å²) >= 11 is 0. The van der Waals surface area contributed by atoms with Gasteiger partial charge in [0, 0.05) is 13.7 Å². The van der Waals surface area contributed by atoms with E-state index >= 15 is 0 Å². The minimum absolute atomic E-state index is 0.0222. The normalized spacial score (nSPS) is 13.3. The lowest BCUT2D eigenvalue weighted by Crippen LogP contribution is -2.17. The zero-order valence-corrected chi connectivity index (χ0v) is 11.5. The summed E-state index contributed by atoms with van der Waals surface area (Å²) in [7, 11) is 3.63. The third-order valence-electron chi connectivity index (χ3n) is 3.18. The van der Waals surface area contributed by atoms with Crippen molar-refractivity contribution in [1.29, 1.82) is 0 Å². The van der Waals surface area contributed by atoms with E-state index in [1.54, 1.807) is 7.11 Å². The Labute approximate surface area is 104 Å². The van der Waals surface area contributed by atoms with Crippen LogP contribution < -0.4 is 5.32 Å². The fourth-order valence-corrected chi connectivity index (χ4v) is 2.06. The Balaban J connectivity index is 3.11. The van der Waals surface area contributed by atoms with Gasteiger partial charge in [-0.2, -0.15) is 0 Å². The predicted molar refractivity (Wildman–Crippen MR) is 67.8 cm³/mol. The molecule has 17 heavy (non-hydrogen) atoms. The minimum atomic E-state index is 0.0222. The van der Waals surface area contributed by atoms with E-state index in [1.165, 1.54) is 0 Å². The molecule has 0 aliphatic rings. The quantitative estimate of drug-likeness (QED) is 0.792. The molecular formula is C12H24N4O. The number of methoxy groups -OCH3 is 1. The van der Waals surface area contributed by atoms with E-state index in [2.05, 4.69) is 29.5 Å². The van der Waals surface area contributed by atoms with Crippen molar-refractivity contribution in [1.82, 2.24) is 20.3 Å². The second-order valence-electron chi connectivity index (χ2n) is 4.24. The first kappa shape index (κ1) is 14.1. The molecule has 0 bridgehead atoms. The van der Waals surface area contributed by atoms with Crippen LogP contribution in [0.5, 0.6) is 0 Å². The molecule has 0 aliphatic carbocycles. The first-order valence-corrected chi connectivity index (χ1v) is 6.30. The summed E-state index contributed by atoms with van der Waals surface area (Å²) in [4.78, 5) is 0. The van der Waals surface area contributed by atoms with Crippen LogP contribution in [0.1, 0.15) is 57.1 Å². The molecular weight excluding hydrogens is 216 g/mol. The van der Waals surface area contributed by atoms with Gasteiger partial charge in [0.1, 0.15) is 5.69 Å². The van der Waals surface area contributed by atoms with Gasteiger partial charge in [-0.3, -0.25) is 0 Å². The van der Waals surface area contributed by atoms with Gasteiger partial charge in [-0.1, -0.05) is 19.1 Å². The topological polar surface area (TPSA) is 52.0 Å². The van der Waals surface area contributed by atoms with Crippen molar-refractivity contribution in [3.8, 4) is 0 Å². The zero-order chi connectivity index (χ0) is 12.8. The van der Waals surface area contributed by atoms with Crippen molar-refractivity contribution >= 4 is 0 Å². The third kappa shape index (κ3) is 3.04. The van der Waals surface area contributed by atoms with Gasteiger partial charge < -0.3 is 10.1 Å². The molecule has 1 aromatic heterocycles. The summed E-state index contributed by atoms with van der Waals surface area (Å²) in [5.74, 6) is 0. The standard InChI is InChI=1S/C12H24N4O/c1-6-10(7-2)16-12(9(3)17-5)11(8-13-4)14-15-16/h9-10,13H,6-8H2,1-5H3. The Bertz CT molecular complexity index is 333. The summed E-state index contributed by atoms with van der Waals surface area (Å²) in [5, 5.41) is 11.7. The van der Waals surface area contributed by atoms with Crippen LogP contribution >= 0.6 is 0 Å². The summed E-state index contributed by atoms with van der Waals surface area (Å²) in [6, 6.07) is 0.403. The number of ether oxygens (including phenoxy) is 1. The van der Waals surface area contributed by atoms with E-state index in [4.69, 9.17) is 4.74 Å². The second kappa shape index (κ2) is 6.71. The van der Waals surface area contributed by atoms with E-state index in [9.17, 15) is 0 Å². The van der Waals surface area contributed by atoms with Gasteiger partial charge in [0.05, 0.1) is 17.8 Å². The van der Waals surface area contributed by atoms with E-state index in [0.29, 0.717) is 6.04 Å². The van der Waals surface area contributed by atoms with E-state index in [0.717, 1.165) is 30.8 Å². The van der Waals surface area contributed by atoms with Crippen LogP contribution in [0.4, 0.5) is 0 Å². The zero-order valence-electron chi connectivity index (χ0n) is 11.5. The number of hydrogen-bond acceptors (Lipinski definition) is 4. The number of aromatic nitrogens is 3. The molecule has 0 amide bonds. The van der Waals surface area contributed by atoms with Gasteiger partial charge in [-0.25, -0.2) is 4.68 Å². The van der Waals surface area contributed by atoms with Crippen molar-refractivity contribution in [3.05, 3.63) is 11.4 Å². The van der Waals surface area contributed by atoms with Crippen molar-refractivity contribution in [2.45, 2.75) is 52.3 Å². The van der Waals surface area contributed by atoms with E-state index in [-0.39, 0.29) is 6.10 Å². The molecule has 1 atom stereocenters. The Hall–Kier alpha value is -0.940. The average Bonchev–Trinajstić information content (AvgIpc) is 2.74. The van der Waals surface area contributed by atoms with Crippen LogP contribution in [0.25, 0.3) is 0 Å². The van der Waals surface area contributed by atoms with Crippen molar-refractivity contribution in [2.24, 2.45) is 0 Å². The first-order chi connectivity index (χ1) is 8.19. The molecule has 5 nitrogen and oxygen atoms in total. The second-order valence-corrected chi connectivity index (χ2v) is 4.24.